The van der Waals surface area contributed by atoms with Crippen LogP contribution in [-0.4, -0.2) is 22.9 Å². The van der Waals surface area contributed by atoms with E-state index in [0.717, 1.165) is 54.1 Å². The first-order valence-corrected chi connectivity index (χ1v) is 34.2. The van der Waals surface area contributed by atoms with Crippen LogP contribution in [0, 0.1) is 5.92 Å². The molecule has 1 unspecified atom stereocenters. The second-order valence-corrected chi connectivity index (χ2v) is 27.7. The number of unbranched alkanes of at least 4 members (excludes halogenated alkanes) is 9. The van der Waals surface area contributed by atoms with E-state index in [9.17, 15) is 0 Å². The number of fused-ring (bicyclic) bond motifs is 9. The third-order valence-electron chi connectivity index (χ3n) is 16.1. The summed E-state index contributed by atoms with van der Waals surface area (Å²) < 4.78 is 6.96. The van der Waals surface area contributed by atoms with Gasteiger partial charge in [0.2, 0.25) is 0 Å². The number of halogens is 6. The van der Waals surface area contributed by atoms with Crippen molar-refractivity contribution in [3.8, 4) is 33.4 Å². The lowest BCUT2D eigenvalue weighted by Crippen LogP contribution is -2.28. The van der Waals surface area contributed by atoms with Gasteiger partial charge in [-0.05, 0) is 195 Å². The van der Waals surface area contributed by atoms with Crippen LogP contribution < -0.4 is 4.90 Å². The molecule has 0 amide bonds. The Bertz CT molecular complexity index is 2900. The molecule has 3 nitrogen and oxygen atoms in total. The molecule has 7 aromatic carbocycles. The number of aryl methyl sites for hydroxylation is 1. The zero-order valence-corrected chi connectivity index (χ0v) is 56.7. The molecule has 3 aliphatic heterocycles. The molecule has 3 aliphatic rings. The maximum Gasteiger partial charge on any atom is 0.0439 e. The zero-order valence-electron chi connectivity index (χ0n) is 47.2. The fourth-order valence-electron chi connectivity index (χ4n) is 11.8. The average molecular weight is 1440 g/mol. The summed E-state index contributed by atoms with van der Waals surface area (Å²) in [4.78, 5) is 7.75. The van der Waals surface area contributed by atoms with E-state index in [2.05, 4.69) is 271 Å². The standard InChI is InChI=1S/C26H27Br2N.2C22H27Br2N/c1-2-3-4-5-6-19-7-11-24(12-8-19)29-17-20-15-22(27)9-13-25(20)26-14-10-23(28)16-21(26)18-29;1-3-5-6-16(4-2)13-25-14-17-11-19(23)7-9-21(17)22-10-8-20(24)12-18(22)15-25;1-2-3-4-5-6-7-12-25-15-17-13-19(23)8-10-21(17)22-11-9-20(24)14-18(22)16-25/h7-16H,2-6,17-18H2,1H3;7-12,16H,3-6,13-15H2,1-2H3;8-11,13-14H,2-7,12,15-16H2,1H3. The van der Waals surface area contributed by atoms with Gasteiger partial charge in [0.1, 0.15) is 0 Å². The number of hydrogen-bond acceptors (Lipinski definition) is 3. The van der Waals surface area contributed by atoms with E-state index in [1.54, 1.807) is 0 Å². The summed E-state index contributed by atoms with van der Waals surface area (Å²) in [5.74, 6) is 0.796. The molecule has 9 heteroatoms. The summed E-state index contributed by atoms with van der Waals surface area (Å²) in [6, 6.07) is 49.4. The molecule has 1 atom stereocenters. The SMILES string of the molecule is CCCCC(CC)CN1Cc2cc(Br)ccc2-c2ccc(Br)cc2C1.CCCCCCCCN1Cc2cc(Br)ccc2-c2ccc(Br)cc2C1.CCCCCCc1ccc(N2Cc3cc(Br)ccc3-c3ccc(Br)cc3C2)cc1. The summed E-state index contributed by atoms with van der Waals surface area (Å²) in [6.45, 7) is 17.5. The Hall–Kier alpha value is -2.86. The van der Waals surface area contributed by atoms with Crippen LogP contribution >= 0.6 is 95.6 Å². The van der Waals surface area contributed by atoms with Gasteiger partial charge in [0.25, 0.3) is 0 Å². The second-order valence-electron chi connectivity index (χ2n) is 22.2. The molecule has 0 aliphatic carbocycles. The lowest BCUT2D eigenvalue weighted by Gasteiger charge is -2.26. The molecular formula is C70H81Br6N3. The smallest absolute Gasteiger partial charge is 0.0439 e. The van der Waals surface area contributed by atoms with Gasteiger partial charge in [-0.2, -0.15) is 0 Å². The van der Waals surface area contributed by atoms with Crippen molar-refractivity contribution in [2.75, 3.05) is 18.0 Å². The quantitative estimate of drug-likeness (QED) is 0.0747. The Morgan fingerprint density at radius 2 is 0.696 bits per heavy atom. The van der Waals surface area contributed by atoms with Crippen molar-refractivity contribution in [3.05, 3.63) is 199 Å². The van der Waals surface area contributed by atoms with Crippen molar-refractivity contribution >= 4 is 101 Å². The lowest BCUT2D eigenvalue weighted by atomic mass is 9.97. The maximum atomic E-state index is 3.66. The number of anilines is 1. The van der Waals surface area contributed by atoms with Crippen LogP contribution in [0.3, 0.4) is 0 Å². The molecule has 0 saturated heterocycles. The Morgan fingerprint density at radius 3 is 1.08 bits per heavy atom. The number of benzene rings is 7. The van der Waals surface area contributed by atoms with Crippen LogP contribution in [0.2, 0.25) is 0 Å². The summed E-state index contributed by atoms with van der Waals surface area (Å²) in [5.41, 5.74) is 19.4. The van der Waals surface area contributed by atoms with E-state index in [-0.39, 0.29) is 0 Å². The van der Waals surface area contributed by atoms with E-state index in [0.29, 0.717) is 0 Å². The summed E-state index contributed by atoms with van der Waals surface area (Å²) >= 11 is 21.9. The fraction of sp³-hybridized carbons (Fsp3) is 0.400. The number of hydrogen-bond donors (Lipinski definition) is 0. The van der Waals surface area contributed by atoms with E-state index < -0.39 is 0 Å². The van der Waals surface area contributed by atoms with Gasteiger partial charge < -0.3 is 4.90 Å². The van der Waals surface area contributed by atoms with Crippen molar-refractivity contribution in [1.82, 2.24) is 9.80 Å². The van der Waals surface area contributed by atoms with Crippen molar-refractivity contribution in [2.24, 2.45) is 5.92 Å². The van der Waals surface area contributed by atoms with Crippen LogP contribution in [-0.2, 0) is 45.7 Å². The van der Waals surface area contributed by atoms with E-state index >= 15 is 0 Å². The predicted octanol–water partition coefficient (Wildman–Crippen LogP) is 23.5. The normalized spacial score (nSPS) is 14.1. The van der Waals surface area contributed by atoms with E-state index in [4.69, 9.17) is 0 Å². The maximum absolute atomic E-state index is 3.66. The Kier molecular flexibility index (Phi) is 25.0. The highest BCUT2D eigenvalue weighted by molar-refractivity contribution is 9.11. The van der Waals surface area contributed by atoms with Crippen LogP contribution in [0.25, 0.3) is 33.4 Å². The van der Waals surface area contributed by atoms with Gasteiger partial charge in [0.05, 0.1) is 0 Å². The zero-order chi connectivity index (χ0) is 55.7. The van der Waals surface area contributed by atoms with Gasteiger partial charge in [0, 0.05) is 78.3 Å². The molecule has 0 radical (unpaired) electrons. The predicted molar refractivity (Wildman–Crippen MR) is 361 cm³/mol. The first-order chi connectivity index (χ1) is 38.4. The minimum absolute atomic E-state index is 0.796. The van der Waals surface area contributed by atoms with Crippen LogP contribution in [0.4, 0.5) is 5.69 Å². The van der Waals surface area contributed by atoms with Gasteiger partial charge in [-0.25, -0.2) is 0 Å². The fourth-order valence-corrected chi connectivity index (χ4v) is 14.2. The molecule has 7 aromatic rings. The lowest BCUT2D eigenvalue weighted by molar-refractivity contribution is 0.205. The topological polar surface area (TPSA) is 9.72 Å². The summed E-state index contributed by atoms with van der Waals surface area (Å²) in [7, 11) is 0. The Morgan fingerprint density at radius 1 is 0.354 bits per heavy atom. The van der Waals surface area contributed by atoms with Gasteiger partial charge in [0.15, 0.2) is 0 Å². The molecule has 0 aromatic heterocycles. The van der Waals surface area contributed by atoms with Crippen molar-refractivity contribution in [3.63, 3.8) is 0 Å². The monoisotopic (exact) mass is 1440 g/mol. The number of rotatable bonds is 19. The molecule has 0 fully saturated rings. The Balaban J connectivity index is 0.000000157. The first-order valence-electron chi connectivity index (χ1n) is 29.4. The number of nitrogens with zero attached hydrogens (tertiary/aromatic N) is 3. The van der Waals surface area contributed by atoms with Gasteiger partial charge in [-0.15, -0.1) is 0 Å². The van der Waals surface area contributed by atoms with Crippen LogP contribution in [0.5, 0.6) is 0 Å². The molecular weight excluding hydrogens is 1360 g/mol. The molecule has 79 heavy (non-hydrogen) atoms. The van der Waals surface area contributed by atoms with Crippen molar-refractivity contribution in [1.29, 1.82) is 0 Å². The molecule has 10 rings (SSSR count). The highest BCUT2D eigenvalue weighted by Gasteiger charge is 2.24. The van der Waals surface area contributed by atoms with E-state index in [1.165, 1.54) is 205 Å². The molecule has 3 heterocycles. The average Bonchev–Trinajstić information content (AvgIpc) is 3.79. The second kappa shape index (κ2) is 31.7. The minimum atomic E-state index is 0.796. The van der Waals surface area contributed by atoms with Gasteiger partial charge >= 0.3 is 0 Å². The molecule has 0 saturated carbocycles. The minimum Gasteiger partial charge on any atom is -0.363 e. The Labute approximate surface area is 525 Å². The van der Waals surface area contributed by atoms with Crippen molar-refractivity contribution < 1.29 is 0 Å². The summed E-state index contributed by atoms with van der Waals surface area (Å²) in [5, 5.41) is 0. The molecule has 418 valence electrons. The summed E-state index contributed by atoms with van der Waals surface area (Å²) in [6.07, 6.45) is 19.8. The largest absolute Gasteiger partial charge is 0.363 e. The van der Waals surface area contributed by atoms with Gasteiger partial charge in [-0.1, -0.05) is 242 Å². The third kappa shape index (κ3) is 18.1. The van der Waals surface area contributed by atoms with Crippen molar-refractivity contribution in [2.45, 2.75) is 163 Å². The first kappa shape index (κ1) is 62.2. The third-order valence-corrected chi connectivity index (χ3v) is 19.0. The van der Waals surface area contributed by atoms with Crippen LogP contribution in [0.1, 0.15) is 157 Å². The van der Waals surface area contributed by atoms with Crippen LogP contribution in [0.15, 0.2) is 160 Å². The highest BCUT2D eigenvalue weighted by Crippen LogP contribution is 2.40. The van der Waals surface area contributed by atoms with Gasteiger partial charge in [-0.3, -0.25) is 9.80 Å². The molecule has 0 N–H and O–H groups in total. The highest BCUT2D eigenvalue weighted by atomic mass is 79.9. The molecule has 0 bridgehead atoms. The van der Waals surface area contributed by atoms with E-state index in [1.807, 2.05) is 0 Å². The molecule has 0 spiro atoms.